The van der Waals surface area contributed by atoms with Crippen molar-refractivity contribution in [2.45, 2.75) is 25.5 Å². The molecular weight excluding hydrogens is 420 g/mol. The molecule has 1 aliphatic heterocycles. The van der Waals surface area contributed by atoms with Gasteiger partial charge in [-0.1, -0.05) is 42.5 Å². The van der Waals surface area contributed by atoms with Gasteiger partial charge in [-0.25, -0.2) is 9.78 Å². The molecule has 0 spiro atoms. The number of fused-ring (bicyclic) bond motifs is 2. The molecule has 0 radical (unpaired) electrons. The smallest absolute Gasteiger partial charge is 0.339 e. The molecule has 2 atom stereocenters. The molecule has 0 bridgehead atoms. The average molecular weight is 443 g/mol. The van der Waals surface area contributed by atoms with Crippen LogP contribution in [0.4, 0.5) is 0 Å². The van der Waals surface area contributed by atoms with E-state index in [1.165, 1.54) is 0 Å². The summed E-state index contributed by atoms with van der Waals surface area (Å²) in [7, 11) is 1.79. The van der Waals surface area contributed by atoms with E-state index < -0.39 is 0 Å². The summed E-state index contributed by atoms with van der Waals surface area (Å²) in [5, 5.41) is 0.896. The van der Waals surface area contributed by atoms with E-state index >= 15 is 0 Å². The molecule has 0 fully saturated rings. The molecule has 3 aromatic carbocycles. The molecule has 4 aromatic rings. The van der Waals surface area contributed by atoms with Crippen LogP contribution in [0.2, 0.25) is 0 Å². The molecule has 0 saturated carbocycles. The minimum absolute atomic E-state index is 0.102. The highest BCUT2D eigenvalue weighted by Gasteiger charge is 2.29. The Kier molecular flexibility index (Phi) is 5.23. The molecule has 32 heavy (non-hydrogen) atoms. The number of carbonyl (C=O) groups excluding carboxylic acids is 2. The Morgan fingerprint density at radius 1 is 1.09 bits per heavy atom. The number of cyclic esters (lactones) is 1. The van der Waals surface area contributed by atoms with E-state index in [1.54, 1.807) is 35.4 Å². The van der Waals surface area contributed by atoms with Crippen LogP contribution in [0.5, 0.6) is 0 Å². The second-order valence-electron chi connectivity index (χ2n) is 7.99. The number of para-hydroxylation sites is 1. The monoisotopic (exact) mass is 442 g/mol. The number of ether oxygens (including phenoxy) is 1. The minimum Gasteiger partial charge on any atom is -0.454 e. The molecule has 6 heteroatoms. The molecular formula is C26H22N2O3S. The molecule has 0 saturated heterocycles. The lowest BCUT2D eigenvalue weighted by Gasteiger charge is -2.27. The van der Waals surface area contributed by atoms with E-state index in [-0.39, 0.29) is 24.0 Å². The second kappa shape index (κ2) is 8.20. The molecule has 1 amide bonds. The maximum Gasteiger partial charge on any atom is 0.339 e. The van der Waals surface area contributed by atoms with E-state index in [0.717, 1.165) is 26.4 Å². The van der Waals surface area contributed by atoms with Gasteiger partial charge in [0.25, 0.3) is 5.91 Å². The van der Waals surface area contributed by atoms with Crippen LogP contribution < -0.4 is 0 Å². The first-order valence-electron chi connectivity index (χ1n) is 10.5. The number of carbonyl (C=O) groups is 2. The first-order valence-corrected chi connectivity index (χ1v) is 11.3. The van der Waals surface area contributed by atoms with Crippen molar-refractivity contribution >= 4 is 33.4 Å². The zero-order valence-electron chi connectivity index (χ0n) is 17.8. The van der Waals surface area contributed by atoms with E-state index in [2.05, 4.69) is 0 Å². The largest absolute Gasteiger partial charge is 0.454 e. The maximum absolute atomic E-state index is 13.3. The Morgan fingerprint density at radius 2 is 1.84 bits per heavy atom. The fourth-order valence-electron chi connectivity index (χ4n) is 4.00. The van der Waals surface area contributed by atoms with Crippen LogP contribution in [0.3, 0.4) is 0 Å². The standard InChI is InChI=1S/C26H22N2O3S/c1-16(24-27-21-10-6-7-11-23(21)32-24)28(2)25(29)18-12-13-20-19(14-18)15-22(31-26(20)30)17-8-4-3-5-9-17/h3-14,16,22H,15H2,1-2H3/t16-,22+/m0/s1. The number of esters is 1. The Morgan fingerprint density at radius 3 is 2.62 bits per heavy atom. The summed E-state index contributed by atoms with van der Waals surface area (Å²) in [5.74, 6) is -0.454. The van der Waals surface area contributed by atoms with Crippen molar-refractivity contribution in [2.75, 3.05) is 7.05 Å². The Hall–Kier alpha value is -3.51. The van der Waals surface area contributed by atoms with Crippen molar-refractivity contribution in [1.82, 2.24) is 9.88 Å². The Labute approximate surface area is 190 Å². The Bertz CT molecular complexity index is 1280. The van der Waals surface area contributed by atoms with E-state index in [1.807, 2.05) is 67.6 Å². The summed E-state index contributed by atoms with van der Waals surface area (Å²) in [6.07, 6.45) is 0.199. The predicted molar refractivity (Wildman–Crippen MR) is 125 cm³/mol. The Balaban J connectivity index is 1.40. The van der Waals surface area contributed by atoms with Gasteiger partial charge in [-0.05, 0) is 48.4 Å². The molecule has 2 heterocycles. The highest BCUT2D eigenvalue weighted by atomic mass is 32.1. The van der Waals surface area contributed by atoms with Crippen LogP contribution in [0, 0.1) is 0 Å². The van der Waals surface area contributed by atoms with Crippen LogP contribution in [0.25, 0.3) is 10.2 Å². The van der Waals surface area contributed by atoms with Crippen molar-refractivity contribution in [3.8, 4) is 0 Å². The second-order valence-corrected chi connectivity index (χ2v) is 9.05. The summed E-state index contributed by atoms with van der Waals surface area (Å²) in [6, 6.07) is 22.7. The SMILES string of the molecule is C[C@@H](c1nc2ccccc2s1)N(C)C(=O)c1ccc2c(c1)C[C@H](c1ccccc1)OC2=O. The third kappa shape index (κ3) is 3.67. The first-order chi connectivity index (χ1) is 15.5. The van der Waals surface area contributed by atoms with Crippen LogP contribution >= 0.6 is 11.3 Å². The third-order valence-corrected chi connectivity index (χ3v) is 7.17. The van der Waals surface area contributed by atoms with Gasteiger partial charge in [-0.2, -0.15) is 0 Å². The van der Waals surface area contributed by atoms with Gasteiger partial charge < -0.3 is 9.64 Å². The molecule has 5 nitrogen and oxygen atoms in total. The number of aromatic nitrogens is 1. The number of hydrogen-bond acceptors (Lipinski definition) is 5. The molecule has 0 N–H and O–H groups in total. The fraction of sp³-hybridized carbons (Fsp3) is 0.192. The number of hydrogen-bond donors (Lipinski definition) is 0. The number of benzene rings is 3. The van der Waals surface area contributed by atoms with Gasteiger partial charge in [0.05, 0.1) is 21.8 Å². The maximum atomic E-state index is 13.3. The first kappa shape index (κ1) is 20.4. The van der Waals surface area contributed by atoms with Crippen molar-refractivity contribution < 1.29 is 14.3 Å². The predicted octanol–water partition coefficient (Wildman–Crippen LogP) is 5.58. The fourth-order valence-corrected chi connectivity index (χ4v) is 5.06. The van der Waals surface area contributed by atoms with Crippen LogP contribution in [0.1, 0.15) is 55.9 Å². The molecule has 160 valence electrons. The van der Waals surface area contributed by atoms with Crippen LogP contribution in [-0.4, -0.2) is 28.8 Å². The van der Waals surface area contributed by atoms with Gasteiger partial charge in [0.2, 0.25) is 0 Å². The van der Waals surface area contributed by atoms with Gasteiger partial charge in [0, 0.05) is 19.0 Å². The van der Waals surface area contributed by atoms with Crippen molar-refractivity contribution in [3.05, 3.63) is 100 Å². The topological polar surface area (TPSA) is 59.5 Å². The van der Waals surface area contributed by atoms with Gasteiger partial charge in [-0.15, -0.1) is 11.3 Å². The summed E-state index contributed by atoms with van der Waals surface area (Å²) >= 11 is 1.60. The highest BCUT2D eigenvalue weighted by Crippen LogP contribution is 2.33. The van der Waals surface area contributed by atoms with Crippen molar-refractivity contribution in [1.29, 1.82) is 0 Å². The lowest BCUT2D eigenvalue weighted by molar-refractivity contribution is 0.0252. The third-order valence-electron chi connectivity index (χ3n) is 5.97. The summed E-state index contributed by atoms with van der Waals surface area (Å²) in [6.45, 7) is 1.98. The summed E-state index contributed by atoms with van der Waals surface area (Å²) < 4.78 is 6.74. The number of rotatable bonds is 4. The van der Waals surface area contributed by atoms with Crippen molar-refractivity contribution in [3.63, 3.8) is 0 Å². The number of nitrogens with zero attached hydrogens (tertiary/aromatic N) is 2. The van der Waals surface area contributed by atoms with Gasteiger partial charge in [0.15, 0.2) is 0 Å². The van der Waals surface area contributed by atoms with Gasteiger partial charge in [-0.3, -0.25) is 4.79 Å². The zero-order valence-corrected chi connectivity index (χ0v) is 18.6. The number of thiazole rings is 1. The van der Waals surface area contributed by atoms with E-state index in [0.29, 0.717) is 17.5 Å². The molecule has 1 aliphatic rings. The quantitative estimate of drug-likeness (QED) is 0.387. The van der Waals surface area contributed by atoms with E-state index in [4.69, 9.17) is 9.72 Å². The molecule has 1 aromatic heterocycles. The molecule has 0 aliphatic carbocycles. The average Bonchev–Trinajstić information content (AvgIpc) is 3.27. The van der Waals surface area contributed by atoms with Crippen LogP contribution in [0.15, 0.2) is 72.8 Å². The normalized spacial score (nSPS) is 16.3. The summed E-state index contributed by atoms with van der Waals surface area (Å²) in [5.41, 5.74) is 3.81. The summed E-state index contributed by atoms with van der Waals surface area (Å²) in [4.78, 5) is 32.2. The highest BCUT2D eigenvalue weighted by molar-refractivity contribution is 7.18. The zero-order chi connectivity index (χ0) is 22.2. The molecule has 0 unspecified atom stereocenters. The van der Waals surface area contributed by atoms with Crippen molar-refractivity contribution in [2.24, 2.45) is 0 Å². The minimum atomic E-state index is -0.352. The lowest BCUT2D eigenvalue weighted by atomic mass is 9.93. The van der Waals surface area contributed by atoms with Gasteiger partial charge >= 0.3 is 5.97 Å². The van der Waals surface area contributed by atoms with Crippen LogP contribution in [-0.2, 0) is 11.2 Å². The molecule has 5 rings (SSSR count). The van der Waals surface area contributed by atoms with E-state index in [9.17, 15) is 9.59 Å². The van der Waals surface area contributed by atoms with Gasteiger partial charge in [0.1, 0.15) is 11.1 Å². The number of amides is 1. The lowest BCUT2D eigenvalue weighted by Crippen LogP contribution is -2.30.